The molecular weight excluding hydrogens is 388 g/mol. The molecule has 29 heavy (non-hydrogen) atoms. The van der Waals surface area contributed by atoms with Gasteiger partial charge in [-0.25, -0.2) is 0 Å². The topological polar surface area (TPSA) is 51.7 Å². The van der Waals surface area contributed by atoms with Crippen molar-refractivity contribution in [1.29, 1.82) is 0 Å². The van der Waals surface area contributed by atoms with Crippen molar-refractivity contribution in [3.63, 3.8) is 0 Å². The number of carbonyl (C=O) groups excluding carboxylic acids is 1. The van der Waals surface area contributed by atoms with E-state index >= 15 is 0 Å². The molecule has 0 bridgehead atoms. The zero-order chi connectivity index (χ0) is 20.0. The number of ether oxygens (including phenoxy) is 2. The van der Waals surface area contributed by atoms with Gasteiger partial charge in [0.2, 0.25) is 0 Å². The maximum Gasteiger partial charge on any atom is 0.272 e. The Morgan fingerprint density at radius 2 is 2.10 bits per heavy atom. The predicted molar refractivity (Wildman–Crippen MR) is 110 cm³/mol. The molecule has 6 heteroatoms. The second-order valence-electron chi connectivity index (χ2n) is 8.35. The molecule has 3 aliphatic heterocycles. The first-order valence-electron chi connectivity index (χ1n) is 10.4. The fraction of sp³-hybridized carbons (Fsp3) is 0.478. The van der Waals surface area contributed by atoms with Crippen molar-refractivity contribution in [2.75, 3.05) is 19.7 Å². The van der Waals surface area contributed by atoms with Gasteiger partial charge in [-0.2, -0.15) is 0 Å². The van der Waals surface area contributed by atoms with Crippen LogP contribution in [0, 0.1) is 12.8 Å². The first-order chi connectivity index (χ1) is 14.1. The molecule has 0 saturated carbocycles. The summed E-state index contributed by atoms with van der Waals surface area (Å²) in [5.74, 6) is 1.17. The van der Waals surface area contributed by atoms with Crippen LogP contribution in [0.5, 0.6) is 5.75 Å². The third-order valence-electron chi connectivity index (χ3n) is 6.70. The lowest BCUT2D eigenvalue weighted by Gasteiger charge is -2.53. The summed E-state index contributed by atoms with van der Waals surface area (Å²) in [5.41, 5.74) is 2.24. The standard InChI is InChI=1S/C23H25ClN2O3/c1-15-4-2-10-25-20(15)22(27)26-11-8-23(9-12-26)18-5-3-13-28-21(18)17-14-16(24)6-7-19(17)29-23/h2,4,6-7,10,14,18,21H,3,5,8-9,11-13H2,1H3/t18-,21+/m0/s1. The Hall–Kier alpha value is -2.11. The van der Waals surface area contributed by atoms with E-state index in [0.29, 0.717) is 23.8 Å². The van der Waals surface area contributed by atoms with Crippen LogP contribution in [0.25, 0.3) is 0 Å². The summed E-state index contributed by atoms with van der Waals surface area (Å²) in [6, 6.07) is 9.61. The van der Waals surface area contributed by atoms with Crippen molar-refractivity contribution < 1.29 is 14.3 Å². The highest BCUT2D eigenvalue weighted by atomic mass is 35.5. The SMILES string of the molecule is Cc1cccnc1C(=O)N1CCC2(CC1)Oc1ccc(Cl)cc1[C@H]1OCCC[C@@H]12. The number of hydrogen-bond donors (Lipinski definition) is 0. The maximum absolute atomic E-state index is 13.0. The summed E-state index contributed by atoms with van der Waals surface area (Å²) in [7, 11) is 0. The molecule has 1 spiro atoms. The van der Waals surface area contributed by atoms with Crippen molar-refractivity contribution in [2.24, 2.45) is 5.92 Å². The van der Waals surface area contributed by atoms with Gasteiger partial charge in [-0.3, -0.25) is 9.78 Å². The quantitative estimate of drug-likeness (QED) is 0.688. The number of amides is 1. The fourth-order valence-corrected chi connectivity index (χ4v) is 5.36. The van der Waals surface area contributed by atoms with Gasteiger partial charge in [-0.1, -0.05) is 17.7 Å². The lowest BCUT2D eigenvalue weighted by molar-refractivity contribution is -0.147. The van der Waals surface area contributed by atoms with Gasteiger partial charge in [0.25, 0.3) is 5.91 Å². The molecular formula is C23H25ClN2O3. The van der Waals surface area contributed by atoms with Crippen LogP contribution in [-0.4, -0.2) is 41.1 Å². The van der Waals surface area contributed by atoms with Crippen LogP contribution < -0.4 is 4.74 Å². The van der Waals surface area contributed by atoms with E-state index in [1.54, 1.807) is 6.20 Å². The van der Waals surface area contributed by atoms with Crippen LogP contribution >= 0.6 is 11.6 Å². The molecule has 0 aliphatic carbocycles. The van der Waals surface area contributed by atoms with Gasteiger partial charge in [0.1, 0.15) is 17.0 Å². The van der Waals surface area contributed by atoms with Gasteiger partial charge in [-0.15, -0.1) is 0 Å². The number of rotatable bonds is 1. The van der Waals surface area contributed by atoms with Gasteiger partial charge in [-0.05, 0) is 49.6 Å². The molecule has 4 heterocycles. The number of hydrogen-bond acceptors (Lipinski definition) is 4. The largest absolute Gasteiger partial charge is 0.486 e. The molecule has 5 rings (SSSR count). The molecule has 2 aromatic rings. The van der Waals surface area contributed by atoms with Crippen molar-refractivity contribution in [3.8, 4) is 5.75 Å². The Morgan fingerprint density at radius 3 is 2.90 bits per heavy atom. The molecule has 152 valence electrons. The second kappa shape index (κ2) is 7.29. The molecule has 2 fully saturated rings. The average Bonchev–Trinajstić information content (AvgIpc) is 2.75. The number of likely N-dealkylation sites (tertiary alicyclic amines) is 1. The number of fused-ring (bicyclic) bond motifs is 4. The fourth-order valence-electron chi connectivity index (χ4n) is 5.18. The third-order valence-corrected chi connectivity index (χ3v) is 6.93. The average molecular weight is 413 g/mol. The molecule has 1 amide bonds. The maximum atomic E-state index is 13.0. The zero-order valence-electron chi connectivity index (χ0n) is 16.6. The normalized spacial score (nSPS) is 25.1. The lowest BCUT2D eigenvalue weighted by Crippen LogP contribution is -2.57. The Labute approximate surface area is 176 Å². The van der Waals surface area contributed by atoms with Gasteiger partial charge in [0.05, 0.1) is 6.10 Å². The van der Waals surface area contributed by atoms with Crippen molar-refractivity contribution in [3.05, 3.63) is 58.4 Å². The smallest absolute Gasteiger partial charge is 0.272 e. The summed E-state index contributed by atoms with van der Waals surface area (Å²) in [5, 5.41) is 0.711. The summed E-state index contributed by atoms with van der Waals surface area (Å²) in [6.45, 7) is 4.04. The van der Waals surface area contributed by atoms with E-state index in [1.807, 2.05) is 42.2 Å². The number of aromatic nitrogens is 1. The van der Waals surface area contributed by atoms with Crippen LogP contribution in [0.3, 0.4) is 0 Å². The number of pyridine rings is 1. The van der Waals surface area contributed by atoms with E-state index in [0.717, 1.165) is 49.2 Å². The van der Waals surface area contributed by atoms with Crippen LogP contribution in [0.2, 0.25) is 5.02 Å². The molecule has 0 N–H and O–H groups in total. The monoisotopic (exact) mass is 412 g/mol. The van der Waals surface area contributed by atoms with Crippen molar-refractivity contribution in [2.45, 2.75) is 44.3 Å². The number of halogens is 1. The predicted octanol–water partition coefficient (Wildman–Crippen LogP) is 4.58. The van der Waals surface area contributed by atoms with Crippen LogP contribution in [0.4, 0.5) is 0 Å². The molecule has 0 radical (unpaired) electrons. The summed E-state index contributed by atoms with van der Waals surface area (Å²) in [6.07, 6.45) is 5.42. The lowest BCUT2D eigenvalue weighted by atomic mass is 9.70. The highest BCUT2D eigenvalue weighted by Gasteiger charge is 2.52. The summed E-state index contributed by atoms with van der Waals surface area (Å²) >= 11 is 6.25. The van der Waals surface area contributed by atoms with E-state index in [1.165, 1.54) is 0 Å². The van der Waals surface area contributed by atoms with Crippen molar-refractivity contribution >= 4 is 17.5 Å². The van der Waals surface area contributed by atoms with Gasteiger partial charge in [0, 0.05) is 55.2 Å². The van der Waals surface area contributed by atoms with Gasteiger partial charge < -0.3 is 14.4 Å². The van der Waals surface area contributed by atoms with E-state index in [4.69, 9.17) is 21.1 Å². The Balaban J connectivity index is 1.40. The Morgan fingerprint density at radius 1 is 1.28 bits per heavy atom. The molecule has 0 unspecified atom stereocenters. The molecule has 2 atom stereocenters. The third kappa shape index (κ3) is 3.21. The van der Waals surface area contributed by atoms with E-state index in [9.17, 15) is 4.79 Å². The minimum Gasteiger partial charge on any atom is -0.486 e. The zero-order valence-corrected chi connectivity index (χ0v) is 17.3. The summed E-state index contributed by atoms with van der Waals surface area (Å²) < 4.78 is 12.9. The molecule has 5 nitrogen and oxygen atoms in total. The van der Waals surface area contributed by atoms with E-state index in [2.05, 4.69) is 4.98 Å². The molecule has 1 aromatic carbocycles. The summed E-state index contributed by atoms with van der Waals surface area (Å²) in [4.78, 5) is 19.2. The second-order valence-corrected chi connectivity index (χ2v) is 8.79. The van der Waals surface area contributed by atoms with Crippen LogP contribution in [0.1, 0.15) is 53.4 Å². The van der Waals surface area contributed by atoms with Gasteiger partial charge in [0.15, 0.2) is 0 Å². The molecule has 2 saturated heterocycles. The first kappa shape index (κ1) is 18.9. The van der Waals surface area contributed by atoms with Crippen molar-refractivity contribution in [1.82, 2.24) is 9.88 Å². The Kier molecular flexibility index (Phi) is 4.75. The number of benzene rings is 1. The highest BCUT2D eigenvalue weighted by molar-refractivity contribution is 6.30. The van der Waals surface area contributed by atoms with E-state index in [-0.39, 0.29) is 23.5 Å². The van der Waals surface area contributed by atoms with E-state index < -0.39 is 0 Å². The number of nitrogens with zero attached hydrogens (tertiary/aromatic N) is 2. The molecule has 1 aromatic heterocycles. The van der Waals surface area contributed by atoms with Gasteiger partial charge >= 0.3 is 0 Å². The minimum absolute atomic E-state index is 0.0115. The number of piperidine rings is 1. The van der Waals surface area contributed by atoms with Crippen LogP contribution in [-0.2, 0) is 4.74 Å². The number of carbonyl (C=O) groups is 1. The molecule has 3 aliphatic rings. The van der Waals surface area contributed by atoms with Crippen LogP contribution in [0.15, 0.2) is 36.5 Å². The minimum atomic E-state index is -0.290. The highest BCUT2D eigenvalue weighted by Crippen LogP contribution is 2.53. The Bertz CT molecular complexity index is 939. The first-order valence-corrected chi connectivity index (χ1v) is 10.8. The number of aryl methyl sites for hydroxylation is 1.